The summed E-state index contributed by atoms with van der Waals surface area (Å²) in [6.07, 6.45) is 1.47. The molecule has 0 heterocycles. The highest BCUT2D eigenvalue weighted by Gasteiger charge is 2.14. The summed E-state index contributed by atoms with van der Waals surface area (Å²) in [7, 11) is 0. The monoisotopic (exact) mass is 542 g/mol. The van der Waals surface area contributed by atoms with Gasteiger partial charge < -0.3 is 10.1 Å². The average Bonchev–Trinajstić information content (AvgIpc) is 2.74. The largest absolute Gasteiger partial charge is 0.487 e. The molecule has 3 rings (SSSR count). The van der Waals surface area contributed by atoms with Gasteiger partial charge in [0.25, 0.3) is 5.91 Å². The molecule has 0 atom stereocenters. The Hall–Kier alpha value is -2.95. The van der Waals surface area contributed by atoms with Crippen LogP contribution in [0.3, 0.4) is 0 Å². The van der Waals surface area contributed by atoms with Crippen LogP contribution in [-0.4, -0.2) is 5.91 Å². The summed E-state index contributed by atoms with van der Waals surface area (Å²) < 4.78 is 20.4. The van der Waals surface area contributed by atoms with Gasteiger partial charge in [0.2, 0.25) is 0 Å². The van der Waals surface area contributed by atoms with E-state index >= 15 is 0 Å². The predicted molar refractivity (Wildman–Crippen MR) is 126 cm³/mol. The molecule has 3 aromatic rings. The third kappa shape index (κ3) is 6.27. The summed E-state index contributed by atoms with van der Waals surface area (Å²) in [5.41, 5.74) is 2.91. The molecule has 0 aliphatic rings. The lowest BCUT2D eigenvalue weighted by Crippen LogP contribution is -2.13. The van der Waals surface area contributed by atoms with E-state index in [9.17, 15) is 14.4 Å². The van der Waals surface area contributed by atoms with Crippen molar-refractivity contribution in [1.82, 2.24) is 0 Å². The molecule has 7 heteroatoms. The second kappa shape index (κ2) is 10.4. The standard InChI is InChI=1S/C24H17Br2FN2O2/c1-15-2-8-21(9-3-15)29-24(30)18(13-28)10-17-11-19(25)12-22(26)23(17)31-14-16-4-6-20(27)7-5-16/h2-12H,14H2,1H3,(H,29,30)/b18-10+. The Morgan fingerprint density at radius 1 is 1.13 bits per heavy atom. The molecule has 3 aromatic carbocycles. The fourth-order valence-electron chi connectivity index (χ4n) is 2.72. The highest BCUT2D eigenvalue weighted by molar-refractivity contribution is 9.11. The van der Waals surface area contributed by atoms with Crippen molar-refractivity contribution in [2.75, 3.05) is 5.32 Å². The first-order valence-corrected chi connectivity index (χ1v) is 10.8. The van der Waals surface area contributed by atoms with Gasteiger partial charge in [-0.1, -0.05) is 45.8 Å². The van der Waals surface area contributed by atoms with Crippen LogP contribution >= 0.6 is 31.9 Å². The second-order valence-corrected chi connectivity index (χ2v) is 8.48. The Morgan fingerprint density at radius 2 is 1.81 bits per heavy atom. The van der Waals surface area contributed by atoms with Crippen LogP contribution in [0.1, 0.15) is 16.7 Å². The predicted octanol–water partition coefficient (Wildman–Crippen LogP) is 6.78. The van der Waals surface area contributed by atoms with Gasteiger partial charge in [0.1, 0.15) is 29.8 Å². The second-order valence-electron chi connectivity index (χ2n) is 6.71. The minimum atomic E-state index is -0.521. The number of anilines is 1. The first-order chi connectivity index (χ1) is 14.9. The Morgan fingerprint density at radius 3 is 2.45 bits per heavy atom. The van der Waals surface area contributed by atoms with Crippen LogP contribution in [0, 0.1) is 24.1 Å². The lowest BCUT2D eigenvalue weighted by Gasteiger charge is -2.13. The number of nitriles is 1. The van der Waals surface area contributed by atoms with Crippen LogP contribution in [0.2, 0.25) is 0 Å². The molecule has 0 aromatic heterocycles. The molecule has 156 valence electrons. The third-order valence-corrected chi connectivity index (χ3v) is 5.35. The number of aryl methyl sites for hydroxylation is 1. The van der Waals surface area contributed by atoms with Gasteiger partial charge in [-0.3, -0.25) is 4.79 Å². The van der Waals surface area contributed by atoms with Gasteiger partial charge in [-0.15, -0.1) is 0 Å². The third-order valence-electron chi connectivity index (χ3n) is 4.31. The number of rotatable bonds is 6. The maximum absolute atomic E-state index is 13.1. The van der Waals surface area contributed by atoms with Crippen LogP contribution in [-0.2, 0) is 11.4 Å². The molecule has 31 heavy (non-hydrogen) atoms. The number of nitrogens with one attached hydrogen (secondary N) is 1. The minimum absolute atomic E-state index is 0.0720. The maximum Gasteiger partial charge on any atom is 0.266 e. The number of nitrogens with zero attached hydrogens (tertiary/aromatic N) is 1. The van der Waals surface area contributed by atoms with Crippen LogP contribution < -0.4 is 10.1 Å². The smallest absolute Gasteiger partial charge is 0.266 e. The quantitative estimate of drug-likeness (QED) is 0.275. The summed E-state index contributed by atoms with van der Waals surface area (Å²) in [4.78, 5) is 12.6. The van der Waals surface area contributed by atoms with Gasteiger partial charge >= 0.3 is 0 Å². The van der Waals surface area contributed by atoms with Crippen LogP contribution in [0.5, 0.6) is 5.75 Å². The zero-order chi connectivity index (χ0) is 22.4. The van der Waals surface area contributed by atoms with Crippen LogP contribution in [0.15, 0.2) is 75.2 Å². The Bertz CT molecular complexity index is 1170. The molecule has 0 spiro atoms. The summed E-state index contributed by atoms with van der Waals surface area (Å²) in [6, 6.07) is 18.8. The average molecular weight is 544 g/mol. The van der Waals surface area contributed by atoms with Gasteiger partial charge in [0, 0.05) is 15.7 Å². The van der Waals surface area contributed by atoms with Crippen molar-refractivity contribution in [1.29, 1.82) is 5.26 Å². The Balaban J connectivity index is 1.87. The number of amides is 1. The Labute approximate surface area is 196 Å². The van der Waals surface area contributed by atoms with E-state index in [0.717, 1.165) is 15.6 Å². The number of benzene rings is 3. The molecule has 4 nitrogen and oxygen atoms in total. The van der Waals surface area contributed by atoms with E-state index in [1.165, 1.54) is 18.2 Å². The number of carbonyl (C=O) groups is 1. The maximum atomic E-state index is 13.1. The molecule has 0 aliphatic carbocycles. The summed E-state index contributed by atoms with van der Waals surface area (Å²) in [5, 5.41) is 12.3. The van der Waals surface area contributed by atoms with Crippen molar-refractivity contribution in [3.05, 3.63) is 97.7 Å². The molecule has 0 saturated carbocycles. The topological polar surface area (TPSA) is 62.1 Å². The first kappa shape index (κ1) is 22.7. The molecule has 0 radical (unpaired) electrons. The first-order valence-electron chi connectivity index (χ1n) is 9.22. The van der Waals surface area contributed by atoms with Crippen molar-refractivity contribution in [3.63, 3.8) is 0 Å². The number of hydrogen-bond donors (Lipinski definition) is 1. The van der Waals surface area contributed by atoms with E-state index in [1.807, 2.05) is 25.1 Å². The van der Waals surface area contributed by atoms with Crippen LogP contribution in [0.25, 0.3) is 6.08 Å². The number of carbonyl (C=O) groups excluding carboxylic acids is 1. The van der Waals surface area contributed by atoms with Gasteiger partial charge in [-0.25, -0.2) is 4.39 Å². The van der Waals surface area contributed by atoms with E-state index in [1.54, 1.807) is 36.4 Å². The van der Waals surface area contributed by atoms with Crippen molar-refractivity contribution in [3.8, 4) is 11.8 Å². The highest BCUT2D eigenvalue weighted by atomic mass is 79.9. The Kier molecular flexibility index (Phi) is 7.61. The number of halogens is 3. The minimum Gasteiger partial charge on any atom is -0.487 e. The van der Waals surface area contributed by atoms with E-state index in [4.69, 9.17) is 4.74 Å². The normalized spacial score (nSPS) is 11.0. The van der Waals surface area contributed by atoms with E-state index in [-0.39, 0.29) is 18.0 Å². The molecule has 0 aliphatic heterocycles. The molecule has 1 N–H and O–H groups in total. The molecule has 0 bridgehead atoms. The molecular formula is C24H17Br2FN2O2. The van der Waals surface area contributed by atoms with E-state index in [0.29, 0.717) is 21.5 Å². The molecule has 0 unspecified atom stereocenters. The van der Waals surface area contributed by atoms with Gasteiger partial charge in [0.05, 0.1) is 4.47 Å². The van der Waals surface area contributed by atoms with E-state index < -0.39 is 5.91 Å². The lowest BCUT2D eigenvalue weighted by atomic mass is 10.1. The number of hydrogen-bond acceptors (Lipinski definition) is 3. The summed E-state index contributed by atoms with van der Waals surface area (Å²) in [6.45, 7) is 2.14. The van der Waals surface area contributed by atoms with Gasteiger partial charge in [0.15, 0.2) is 0 Å². The SMILES string of the molecule is Cc1ccc(NC(=O)/C(C#N)=C/c2cc(Br)cc(Br)c2OCc2ccc(F)cc2)cc1. The zero-order valence-electron chi connectivity index (χ0n) is 16.5. The van der Waals surface area contributed by atoms with Crippen LogP contribution in [0.4, 0.5) is 10.1 Å². The lowest BCUT2D eigenvalue weighted by molar-refractivity contribution is -0.112. The summed E-state index contributed by atoms with van der Waals surface area (Å²) in [5.74, 6) is -0.384. The fraction of sp³-hybridized carbons (Fsp3) is 0.0833. The van der Waals surface area contributed by atoms with Gasteiger partial charge in [-0.2, -0.15) is 5.26 Å². The molecular weight excluding hydrogens is 527 g/mol. The fourth-order valence-corrected chi connectivity index (χ4v) is 4.09. The van der Waals surface area contributed by atoms with Crippen molar-refractivity contribution in [2.45, 2.75) is 13.5 Å². The molecule has 0 saturated heterocycles. The molecule has 0 fully saturated rings. The zero-order valence-corrected chi connectivity index (χ0v) is 19.6. The van der Waals surface area contributed by atoms with Crippen molar-refractivity contribution >= 4 is 49.5 Å². The van der Waals surface area contributed by atoms with Gasteiger partial charge in [-0.05, 0) is 70.9 Å². The summed E-state index contributed by atoms with van der Waals surface area (Å²) >= 11 is 6.89. The highest BCUT2D eigenvalue weighted by Crippen LogP contribution is 2.35. The van der Waals surface area contributed by atoms with E-state index in [2.05, 4.69) is 37.2 Å². The van der Waals surface area contributed by atoms with Crippen molar-refractivity contribution in [2.24, 2.45) is 0 Å². The number of ether oxygens (including phenoxy) is 1. The van der Waals surface area contributed by atoms with Crippen molar-refractivity contribution < 1.29 is 13.9 Å². The molecule has 1 amide bonds.